The van der Waals surface area contributed by atoms with Crippen molar-refractivity contribution in [1.29, 1.82) is 0 Å². The Morgan fingerprint density at radius 2 is 1.96 bits per heavy atom. The van der Waals surface area contributed by atoms with E-state index in [4.69, 9.17) is 0 Å². The lowest BCUT2D eigenvalue weighted by molar-refractivity contribution is -0.117. The third-order valence-corrected chi connectivity index (χ3v) is 6.42. The number of carbonyl (C=O) groups is 1. The van der Waals surface area contributed by atoms with Crippen molar-refractivity contribution in [2.75, 3.05) is 5.75 Å². The number of fused-ring (bicyclic) bond motifs is 1. The molecule has 1 heterocycles. The average Bonchev–Trinajstić information content (AvgIpc) is 2.99. The van der Waals surface area contributed by atoms with Gasteiger partial charge >= 0.3 is 0 Å². The highest BCUT2D eigenvalue weighted by Gasteiger charge is 2.09. The third-order valence-electron chi connectivity index (χ3n) is 4.37. The predicted molar refractivity (Wildman–Crippen MR) is 117 cm³/mol. The van der Waals surface area contributed by atoms with E-state index in [-0.39, 0.29) is 5.91 Å². The van der Waals surface area contributed by atoms with Gasteiger partial charge in [-0.2, -0.15) is 4.99 Å². The first kappa shape index (κ1) is 19.9. The van der Waals surface area contributed by atoms with E-state index in [1.165, 1.54) is 20.7 Å². The van der Waals surface area contributed by atoms with Gasteiger partial charge in [-0.15, -0.1) is 11.8 Å². The molecule has 0 saturated carbocycles. The molecule has 27 heavy (non-hydrogen) atoms. The van der Waals surface area contributed by atoms with Crippen molar-refractivity contribution in [2.45, 2.75) is 51.0 Å². The Labute approximate surface area is 169 Å². The zero-order valence-electron chi connectivity index (χ0n) is 16.1. The maximum absolute atomic E-state index is 12.4. The Hall–Kier alpha value is -1.85. The van der Waals surface area contributed by atoms with Crippen LogP contribution in [0.2, 0.25) is 0 Å². The van der Waals surface area contributed by atoms with Crippen LogP contribution in [0.25, 0.3) is 10.2 Å². The summed E-state index contributed by atoms with van der Waals surface area (Å²) in [7, 11) is 0. The van der Waals surface area contributed by atoms with Gasteiger partial charge in [0.1, 0.15) is 0 Å². The predicted octanol–water partition coefficient (Wildman–Crippen LogP) is 5.85. The molecule has 0 N–H and O–H groups in total. The highest BCUT2D eigenvalue weighted by atomic mass is 32.2. The maximum atomic E-state index is 12.4. The molecule has 0 radical (unpaired) electrons. The van der Waals surface area contributed by atoms with E-state index in [0.717, 1.165) is 23.5 Å². The SMILES string of the molecule is CCCn1c(=NC(=O)CCSc2ccccc2)sc2cc(C(C)C)ccc21. The number of thioether (sulfide) groups is 1. The number of hydrogen-bond acceptors (Lipinski definition) is 3. The number of amides is 1. The first-order valence-electron chi connectivity index (χ1n) is 9.47. The minimum Gasteiger partial charge on any atom is -0.316 e. The van der Waals surface area contributed by atoms with Crippen LogP contribution in [0.15, 0.2) is 58.4 Å². The Kier molecular flexibility index (Phi) is 6.91. The summed E-state index contributed by atoms with van der Waals surface area (Å²) in [5.74, 6) is 1.20. The zero-order chi connectivity index (χ0) is 19.2. The summed E-state index contributed by atoms with van der Waals surface area (Å²) >= 11 is 3.32. The number of aromatic nitrogens is 1. The minimum atomic E-state index is -0.0427. The van der Waals surface area contributed by atoms with E-state index >= 15 is 0 Å². The van der Waals surface area contributed by atoms with Gasteiger partial charge in [-0.1, -0.05) is 56.4 Å². The van der Waals surface area contributed by atoms with Crippen LogP contribution in [0.5, 0.6) is 0 Å². The van der Waals surface area contributed by atoms with Crippen LogP contribution >= 0.6 is 23.1 Å². The van der Waals surface area contributed by atoms with E-state index in [9.17, 15) is 4.79 Å². The van der Waals surface area contributed by atoms with E-state index < -0.39 is 0 Å². The second kappa shape index (κ2) is 9.38. The lowest BCUT2D eigenvalue weighted by Crippen LogP contribution is -2.17. The lowest BCUT2D eigenvalue weighted by atomic mass is 10.0. The Morgan fingerprint density at radius 1 is 1.19 bits per heavy atom. The second-order valence-electron chi connectivity index (χ2n) is 6.84. The highest BCUT2D eigenvalue weighted by Crippen LogP contribution is 2.24. The summed E-state index contributed by atoms with van der Waals surface area (Å²) in [5, 5.41) is 0. The first-order chi connectivity index (χ1) is 13.1. The number of rotatable bonds is 7. The standard InChI is InChI=1S/C22H26N2OS2/c1-4-13-24-19-11-10-17(16(2)3)15-20(19)27-22(24)23-21(25)12-14-26-18-8-6-5-7-9-18/h5-11,15-16H,4,12-14H2,1-3H3. The largest absolute Gasteiger partial charge is 0.316 e. The molecule has 0 bridgehead atoms. The van der Waals surface area contributed by atoms with Gasteiger partial charge in [0, 0.05) is 23.6 Å². The second-order valence-corrected chi connectivity index (χ2v) is 9.01. The molecular formula is C22H26N2OS2. The molecule has 1 amide bonds. The summed E-state index contributed by atoms with van der Waals surface area (Å²) in [5.41, 5.74) is 2.50. The summed E-state index contributed by atoms with van der Waals surface area (Å²) in [4.78, 5) is 18.9. The zero-order valence-corrected chi connectivity index (χ0v) is 17.8. The van der Waals surface area contributed by atoms with Crippen LogP contribution in [-0.2, 0) is 11.3 Å². The van der Waals surface area contributed by atoms with E-state index in [0.29, 0.717) is 12.3 Å². The smallest absolute Gasteiger partial charge is 0.249 e. The Bertz CT molecular complexity index is 971. The third kappa shape index (κ3) is 5.11. The number of benzene rings is 2. The van der Waals surface area contributed by atoms with Crippen LogP contribution in [-0.4, -0.2) is 16.2 Å². The summed E-state index contributed by atoms with van der Waals surface area (Å²) in [6.45, 7) is 7.44. The normalized spacial score (nSPS) is 12.2. The fourth-order valence-corrected chi connectivity index (χ4v) is 4.89. The lowest BCUT2D eigenvalue weighted by Gasteiger charge is -2.06. The molecule has 3 aromatic rings. The number of aryl methyl sites for hydroxylation is 1. The summed E-state index contributed by atoms with van der Waals surface area (Å²) in [6, 6.07) is 16.8. The van der Waals surface area contributed by atoms with Gasteiger partial charge in [0.05, 0.1) is 10.2 Å². The van der Waals surface area contributed by atoms with Crippen molar-refractivity contribution in [2.24, 2.45) is 4.99 Å². The number of thiazole rings is 1. The molecule has 0 fully saturated rings. The minimum absolute atomic E-state index is 0.0427. The van der Waals surface area contributed by atoms with Crippen molar-refractivity contribution in [1.82, 2.24) is 4.57 Å². The fourth-order valence-electron chi connectivity index (χ4n) is 2.91. The maximum Gasteiger partial charge on any atom is 0.249 e. The highest BCUT2D eigenvalue weighted by molar-refractivity contribution is 7.99. The molecule has 5 heteroatoms. The molecule has 142 valence electrons. The van der Waals surface area contributed by atoms with Gasteiger partial charge in [-0.25, -0.2) is 0 Å². The fraction of sp³-hybridized carbons (Fsp3) is 0.364. The monoisotopic (exact) mass is 398 g/mol. The van der Waals surface area contributed by atoms with Crippen molar-refractivity contribution in [3.05, 3.63) is 58.9 Å². The molecule has 0 unspecified atom stereocenters. The van der Waals surface area contributed by atoms with Crippen LogP contribution in [0.3, 0.4) is 0 Å². The topological polar surface area (TPSA) is 34.4 Å². The van der Waals surface area contributed by atoms with Gasteiger partial charge in [-0.05, 0) is 42.2 Å². The van der Waals surface area contributed by atoms with Crippen LogP contribution in [0.1, 0.15) is 45.1 Å². The van der Waals surface area contributed by atoms with E-state index in [2.05, 4.69) is 60.7 Å². The first-order valence-corrected chi connectivity index (χ1v) is 11.3. The van der Waals surface area contributed by atoms with E-state index in [1.807, 2.05) is 18.2 Å². The molecule has 0 saturated heterocycles. The van der Waals surface area contributed by atoms with Gasteiger partial charge < -0.3 is 4.57 Å². The van der Waals surface area contributed by atoms with Gasteiger partial charge in [0.2, 0.25) is 5.91 Å². The van der Waals surface area contributed by atoms with E-state index in [1.54, 1.807) is 23.1 Å². The van der Waals surface area contributed by atoms with Crippen molar-refractivity contribution in [3.63, 3.8) is 0 Å². The molecule has 1 aromatic heterocycles. The molecule has 3 rings (SSSR count). The molecule has 0 aliphatic carbocycles. The van der Waals surface area contributed by atoms with Gasteiger partial charge in [0.25, 0.3) is 0 Å². The molecular weight excluding hydrogens is 372 g/mol. The Morgan fingerprint density at radius 3 is 2.67 bits per heavy atom. The summed E-state index contributed by atoms with van der Waals surface area (Å²) in [6.07, 6.45) is 1.47. The molecule has 0 spiro atoms. The molecule has 0 atom stereocenters. The average molecular weight is 399 g/mol. The van der Waals surface area contributed by atoms with Crippen molar-refractivity contribution < 1.29 is 4.79 Å². The van der Waals surface area contributed by atoms with Crippen LogP contribution < -0.4 is 4.80 Å². The number of carbonyl (C=O) groups excluding carboxylic acids is 1. The number of nitrogens with zero attached hydrogens (tertiary/aromatic N) is 2. The number of hydrogen-bond donors (Lipinski definition) is 0. The van der Waals surface area contributed by atoms with Crippen molar-refractivity contribution >= 4 is 39.2 Å². The molecule has 0 aliphatic heterocycles. The van der Waals surface area contributed by atoms with Crippen molar-refractivity contribution in [3.8, 4) is 0 Å². The van der Waals surface area contributed by atoms with Gasteiger partial charge in [0.15, 0.2) is 4.80 Å². The summed E-state index contributed by atoms with van der Waals surface area (Å²) < 4.78 is 3.40. The Balaban J connectivity index is 1.80. The molecule has 3 nitrogen and oxygen atoms in total. The quantitative estimate of drug-likeness (QED) is 0.468. The molecule has 2 aromatic carbocycles. The van der Waals surface area contributed by atoms with Crippen LogP contribution in [0.4, 0.5) is 0 Å². The van der Waals surface area contributed by atoms with Gasteiger partial charge in [-0.3, -0.25) is 4.79 Å². The molecule has 0 aliphatic rings. The van der Waals surface area contributed by atoms with Crippen LogP contribution in [0, 0.1) is 0 Å².